The maximum atomic E-state index is 12.8. The lowest BCUT2D eigenvalue weighted by molar-refractivity contribution is -0.0386. The Labute approximate surface area is 122 Å². The first kappa shape index (κ1) is 13.8. The fourth-order valence-electron chi connectivity index (χ4n) is 2.72. The summed E-state index contributed by atoms with van der Waals surface area (Å²) in [6, 6.07) is 8.75. The highest BCUT2D eigenvalue weighted by molar-refractivity contribution is 6.06. The number of benzene rings is 1. The van der Waals surface area contributed by atoms with Gasteiger partial charge in [0.05, 0.1) is 24.3 Å². The number of pyridine rings is 1. The van der Waals surface area contributed by atoms with Crippen LogP contribution in [0.15, 0.2) is 35.1 Å². The van der Waals surface area contributed by atoms with E-state index in [-0.39, 0.29) is 23.6 Å². The Morgan fingerprint density at radius 3 is 2.90 bits per heavy atom. The first-order valence-corrected chi connectivity index (χ1v) is 7.11. The first-order valence-electron chi connectivity index (χ1n) is 7.11. The number of rotatable bonds is 1. The summed E-state index contributed by atoms with van der Waals surface area (Å²) < 4.78 is 5.56. The Bertz CT molecular complexity index is 738. The molecule has 2 aromatic rings. The fourth-order valence-corrected chi connectivity index (χ4v) is 2.72. The summed E-state index contributed by atoms with van der Waals surface area (Å²) in [5, 5.41) is 0.772. The van der Waals surface area contributed by atoms with Gasteiger partial charge < -0.3 is 14.6 Å². The number of amides is 1. The van der Waals surface area contributed by atoms with Crippen molar-refractivity contribution in [1.29, 1.82) is 0 Å². The van der Waals surface area contributed by atoms with Crippen LogP contribution in [0.1, 0.15) is 24.2 Å². The topological polar surface area (TPSA) is 62.4 Å². The Kier molecular flexibility index (Phi) is 3.51. The van der Waals surface area contributed by atoms with E-state index in [1.807, 2.05) is 32.0 Å². The number of morpholine rings is 1. The minimum absolute atomic E-state index is 0.00625. The molecular formula is C16H18N2O3. The number of carbonyl (C=O) groups is 1. The summed E-state index contributed by atoms with van der Waals surface area (Å²) in [6.07, 6.45) is 0.0124. The zero-order valence-electron chi connectivity index (χ0n) is 12.1. The van der Waals surface area contributed by atoms with E-state index in [1.165, 1.54) is 6.07 Å². The Hall–Kier alpha value is -2.14. The van der Waals surface area contributed by atoms with Crippen LogP contribution in [0, 0.1) is 0 Å². The molecular weight excluding hydrogens is 268 g/mol. The van der Waals surface area contributed by atoms with Gasteiger partial charge in [-0.15, -0.1) is 0 Å². The van der Waals surface area contributed by atoms with Crippen molar-refractivity contribution in [1.82, 2.24) is 9.88 Å². The highest BCUT2D eigenvalue weighted by atomic mass is 16.5. The lowest BCUT2D eigenvalue weighted by atomic mass is 10.1. The van der Waals surface area contributed by atoms with E-state index in [0.29, 0.717) is 24.2 Å². The van der Waals surface area contributed by atoms with Gasteiger partial charge in [0, 0.05) is 23.5 Å². The summed E-state index contributed by atoms with van der Waals surface area (Å²) in [6.45, 7) is 4.97. The van der Waals surface area contributed by atoms with Gasteiger partial charge in [-0.3, -0.25) is 9.59 Å². The quantitative estimate of drug-likeness (QED) is 0.869. The standard InChI is InChI=1S/C16H18N2O3/c1-10-9-21-11(2)8-18(10)16(20)13-7-15(19)17-14-6-4-3-5-12(13)14/h3-7,10-11H,8-9H2,1-2H3,(H,17,19). The number of H-pyrrole nitrogens is 1. The van der Waals surface area contributed by atoms with Gasteiger partial charge in [-0.1, -0.05) is 18.2 Å². The number of hydrogen-bond acceptors (Lipinski definition) is 3. The predicted molar refractivity (Wildman–Crippen MR) is 80.5 cm³/mol. The van der Waals surface area contributed by atoms with Gasteiger partial charge in [0.2, 0.25) is 5.56 Å². The predicted octanol–water partition coefficient (Wildman–Crippen LogP) is 1.78. The minimum atomic E-state index is -0.258. The maximum Gasteiger partial charge on any atom is 0.255 e. The number of nitrogens with zero attached hydrogens (tertiary/aromatic N) is 1. The summed E-state index contributed by atoms with van der Waals surface area (Å²) >= 11 is 0. The minimum Gasteiger partial charge on any atom is -0.375 e. The van der Waals surface area contributed by atoms with Crippen LogP contribution in [-0.4, -0.2) is 41.1 Å². The molecule has 0 saturated carbocycles. The average molecular weight is 286 g/mol. The Morgan fingerprint density at radius 2 is 2.10 bits per heavy atom. The van der Waals surface area contributed by atoms with Crippen molar-refractivity contribution in [2.24, 2.45) is 0 Å². The van der Waals surface area contributed by atoms with Crippen LogP contribution in [0.2, 0.25) is 0 Å². The number of hydrogen-bond donors (Lipinski definition) is 1. The molecule has 5 heteroatoms. The summed E-state index contributed by atoms with van der Waals surface area (Å²) in [5.41, 5.74) is 0.878. The van der Waals surface area contributed by atoms with E-state index in [9.17, 15) is 9.59 Å². The summed E-state index contributed by atoms with van der Waals surface area (Å²) in [5.74, 6) is -0.111. The van der Waals surface area contributed by atoms with Crippen LogP contribution in [0.25, 0.3) is 10.9 Å². The van der Waals surface area contributed by atoms with Crippen molar-refractivity contribution in [2.45, 2.75) is 26.0 Å². The number of ether oxygens (including phenoxy) is 1. The molecule has 2 heterocycles. The molecule has 1 saturated heterocycles. The molecule has 1 fully saturated rings. The lowest BCUT2D eigenvalue weighted by Gasteiger charge is -2.37. The van der Waals surface area contributed by atoms with Crippen molar-refractivity contribution in [3.8, 4) is 0 Å². The van der Waals surface area contributed by atoms with Crippen molar-refractivity contribution in [2.75, 3.05) is 13.2 Å². The largest absolute Gasteiger partial charge is 0.375 e. The van der Waals surface area contributed by atoms with Crippen molar-refractivity contribution >= 4 is 16.8 Å². The zero-order chi connectivity index (χ0) is 15.0. The third kappa shape index (κ3) is 2.56. The van der Waals surface area contributed by atoms with Crippen LogP contribution in [0.4, 0.5) is 0 Å². The number of aromatic nitrogens is 1. The molecule has 1 amide bonds. The van der Waals surface area contributed by atoms with Gasteiger partial charge in [0.1, 0.15) is 0 Å². The molecule has 2 atom stereocenters. The van der Waals surface area contributed by atoms with Crippen molar-refractivity contribution in [3.63, 3.8) is 0 Å². The second-order valence-electron chi connectivity index (χ2n) is 5.54. The SMILES string of the molecule is CC1CN(C(=O)c2cc(=O)[nH]c3ccccc23)C(C)CO1. The third-order valence-corrected chi connectivity index (χ3v) is 3.85. The van der Waals surface area contributed by atoms with Gasteiger partial charge in [-0.25, -0.2) is 0 Å². The van der Waals surface area contributed by atoms with E-state index in [2.05, 4.69) is 4.98 Å². The number of carbonyl (C=O) groups excluding carboxylic acids is 1. The van der Waals surface area contributed by atoms with E-state index >= 15 is 0 Å². The molecule has 1 aliphatic heterocycles. The number of nitrogens with one attached hydrogen (secondary N) is 1. The monoisotopic (exact) mass is 286 g/mol. The van der Waals surface area contributed by atoms with Crippen molar-refractivity contribution < 1.29 is 9.53 Å². The van der Waals surface area contributed by atoms with E-state index in [0.717, 1.165) is 5.39 Å². The molecule has 2 unspecified atom stereocenters. The molecule has 1 aliphatic rings. The Morgan fingerprint density at radius 1 is 1.33 bits per heavy atom. The zero-order valence-corrected chi connectivity index (χ0v) is 12.1. The van der Waals surface area contributed by atoms with Crippen LogP contribution >= 0.6 is 0 Å². The highest BCUT2D eigenvalue weighted by Gasteiger charge is 2.29. The van der Waals surface area contributed by atoms with Crippen LogP contribution in [0.5, 0.6) is 0 Å². The number of para-hydroxylation sites is 1. The molecule has 0 aliphatic carbocycles. The molecule has 110 valence electrons. The van der Waals surface area contributed by atoms with E-state index in [1.54, 1.807) is 11.0 Å². The molecule has 1 aromatic heterocycles. The van der Waals surface area contributed by atoms with Gasteiger partial charge in [-0.05, 0) is 19.9 Å². The summed E-state index contributed by atoms with van der Waals surface area (Å²) in [7, 11) is 0. The molecule has 0 radical (unpaired) electrons. The molecule has 1 aromatic carbocycles. The summed E-state index contributed by atoms with van der Waals surface area (Å²) in [4.78, 5) is 29.2. The van der Waals surface area contributed by atoms with Crippen LogP contribution < -0.4 is 5.56 Å². The van der Waals surface area contributed by atoms with E-state index in [4.69, 9.17) is 4.74 Å². The molecule has 1 N–H and O–H groups in total. The van der Waals surface area contributed by atoms with Crippen LogP contribution in [-0.2, 0) is 4.74 Å². The molecule has 21 heavy (non-hydrogen) atoms. The maximum absolute atomic E-state index is 12.8. The normalized spacial score (nSPS) is 22.5. The van der Waals surface area contributed by atoms with Gasteiger partial charge in [-0.2, -0.15) is 0 Å². The average Bonchev–Trinajstić information content (AvgIpc) is 2.48. The molecule has 0 bridgehead atoms. The van der Waals surface area contributed by atoms with E-state index < -0.39 is 0 Å². The number of aromatic amines is 1. The van der Waals surface area contributed by atoms with Gasteiger partial charge in [0.15, 0.2) is 0 Å². The van der Waals surface area contributed by atoms with Gasteiger partial charge >= 0.3 is 0 Å². The number of fused-ring (bicyclic) bond motifs is 1. The van der Waals surface area contributed by atoms with Crippen molar-refractivity contribution in [3.05, 3.63) is 46.2 Å². The fraction of sp³-hybridized carbons (Fsp3) is 0.375. The highest BCUT2D eigenvalue weighted by Crippen LogP contribution is 2.20. The second-order valence-corrected chi connectivity index (χ2v) is 5.54. The van der Waals surface area contributed by atoms with Crippen LogP contribution in [0.3, 0.4) is 0 Å². The smallest absolute Gasteiger partial charge is 0.255 e. The molecule has 0 spiro atoms. The Balaban J connectivity index is 2.07. The lowest BCUT2D eigenvalue weighted by Crippen LogP contribution is -2.50. The second kappa shape index (κ2) is 5.33. The molecule has 5 nitrogen and oxygen atoms in total. The third-order valence-electron chi connectivity index (χ3n) is 3.85. The first-order chi connectivity index (χ1) is 10.1. The molecule has 3 rings (SSSR count). The van der Waals surface area contributed by atoms with Gasteiger partial charge in [0.25, 0.3) is 5.91 Å².